The first-order valence-electron chi connectivity index (χ1n) is 9.08. The van der Waals surface area contributed by atoms with Crippen molar-refractivity contribution in [2.24, 2.45) is 0 Å². The van der Waals surface area contributed by atoms with Crippen molar-refractivity contribution in [1.82, 2.24) is 9.97 Å². The van der Waals surface area contributed by atoms with Crippen molar-refractivity contribution in [3.63, 3.8) is 0 Å². The molecule has 0 unspecified atom stereocenters. The third kappa shape index (κ3) is 4.70. The molecule has 2 N–H and O–H groups in total. The zero-order chi connectivity index (χ0) is 19.2. The summed E-state index contributed by atoms with van der Waals surface area (Å²) in [5, 5.41) is 6.19. The zero-order valence-corrected chi connectivity index (χ0v) is 15.9. The maximum absolute atomic E-state index is 12.5. The fourth-order valence-corrected chi connectivity index (χ4v) is 2.93. The van der Waals surface area contributed by atoms with Crippen LogP contribution in [0.3, 0.4) is 0 Å². The van der Waals surface area contributed by atoms with Crippen molar-refractivity contribution in [1.29, 1.82) is 0 Å². The van der Waals surface area contributed by atoms with Crippen LogP contribution in [0.15, 0.2) is 54.9 Å². The largest absolute Gasteiger partial charge is 0.365 e. The Bertz CT molecular complexity index is 935. The summed E-state index contributed by atoms with van der Waals surface area (Å²) < 4.78 is 0. The molecule has 2 aromatic carbocycles. The number of aryl methyl sites for hydroxylation is 3. The minimum Gasteiger partial charge on any atom is -0.365 e. The summed E-state index contributed by atoms with van der Waals surface area (Å²) >= 11 is 0. The van der Waals surface area contributed by atoms with Gasteiger partial charge in [-0.2, -0.15) is 0 Å². The highest BCUT2D eigenvalue weighted by molar-refractivity contribution is 6.03. The highest BCUT2D eigenvalue weighted by Crippen LogP contribution is 2.21. The molecular formula is C22H24N4O. The van der Waals surface area contributed by atoms with Crippen molar-refractivity contribution in [2.75, 3.05) is 10.6 Å². The topological polar surface area (TPSA) is 66.9 Å². The number of benzene rings is 2. The van der Waals surface area contributed by atoms with Gasteiger partial charge in [0.1, 0.15) is 11.5 Å². The van der Waals surface area contributed by atoms with Gasteiger partial charge in [0, 0.05) is 12.2 Å². The fraction of sp³-hybridized carbons (Fsp3) is 0.227. The molecule has 138 valence electrons. The Balaban J connectivity index is 1.65. The van der Waals surface area contributed by atoms with Crippen molar-refractivity contribution >= 4 is 17.4 Å². The van der Waals surface area contributed by atoms with Gasteiger partial charge in [0.05, 0.1) is 12.4 Å². The molecule has 0 saturated heterocycles. The van der Waals surface area contributed by atoms with Gasteiger partial charge in [-0.15, -0.1) is 0 Å². The minimum absolute atomic E-state index is 0.253. The van der Waals surface area contributed by atoms with Crippen LogP contribution in [0.1, 0.15) is 39.7 Å². The number of nitrogens with one attached hydrogen (secondary N) is 2. The molecule has 0 radical (unpaired) electrons. The quantitative estimate of drug-likeness (QED) is 0.678. The molecule has 0 fully saturated rings. The lowest BCUT2D eigenvalue weighted by Crippen LogP contribution is -2.16. The molecule has 0 saturated carbocycles. The Labute approximate surface area is 159 Å². The number of nitrogens with zero attached hydrogens (tertiary/aromatic N) is 2. The summed E-state index contributed by atoms with van der Waals surface area (Å²) in [7, 11) is 0. The van der Waals surface area contributed by atoms with E-state index < -0.39 is 0 Å². The van der Waals surface area contributed by atoms with Gasteiger partial charge in [-0.05, 0) is 37.0 Å². The lowest BCUT2D eigenvalue weighted by atomic mass is 10.1. The number of carbonyl (C=O) groups excluding carboxylic acids is 1. The van der Waals surface area contributed by atoms with Gasteiger partial charge < -0.3 is 10.6 Å². The van der Waals surface area contributed by atoms with Gasteiger partial charge in [-0.25, -0.2) is 9.97 Å². The zero-order valence-electron chi connectivity index (χ0n) is 15.9. The summed E-state index contributed by atoms with van der Waals surface area (Å²) in [6.45, 7) is 6.78. The molecule has 3 rings (SSSR count). The standard InChI is InChI=1S/C22H24N4O/c1-4-18-10-6-8-16(3)21(18)26-22(27)19-13-25-20(14-23-19)24-12-17-9-5-7-15(2)11-17/h5-11,13-14H,4,12H2,1-3H3,(H,24,25)(H,26,27). The summed E-state index contributed by atoms with van der Waals surface area (Å²) in [6, 6.07) is 14.3. The third-order valence-electron chi connectivity index (χ3n) is 4.42. The fourth-order valence-electron chi connectivity index (χ4n) is 2.93. The molecule has 0 aliphatic carbocycles. The molecule has 0 bridgehead atoms. The third-order valence-corrected chi connectivity index (χ3v) is 4.42. The van der Waals surface area contributed by atoms with Crippen LogP contribution >= 0.6 is 0 Å². The molecular weight excluding hydrogens is 336 g/mol. The van der Waals surface area contributed by atoms with E-state index >= 15 is 0 Å². The number of carbonyl (C=O) groups is 1. The number of hydrogen-bond acceptors (Lipinski definition) is 4. The lowest BCUT2D eigenvalue weighted by molar-refractivity contribution is 0.102. The van der Waals surface area contributed by atoms with Crippen molar-refractivity contribution < 1.29 is 4.79 Å². The van der Waals surface area contributed by atoms with E-state index in [0.29, 0.717) is 18.1 Å². The average Bonchev–Trinajstić information content (AvgIpc) is 2.68. The maximum atomic E-state index is 12.5. The van der Waals surface area contributed by atoms with Crippen LogP contribution in [-0.2, 0) is 13.0 Å². The first kappa shape index (κ1) is 18.6. The first-order valence-corrected chi connectivity index (χ1v) is 9.08. The van der Waals surface area contributed by atoms with E-state index in [-0.39, 0.29) is 5.91 Å². The lowest BCUT2D eigenvalue weighted by Gasteiger charge is -2.12. The van der Waals surface area contributed by atoms with Gasteiger partial charge in [0.2, 0.25) is 0 Å². The number of hydrogen-bond donors (Lipinski definition) is 2. The number of aromatic nitrogens is 2. The Hall–Kier alpha value is -3.21. The van der Waals surface area contributed by atoms with Crippen molar-refractivity contribution in [3.05, 3.63) is 82.8 Å². The van der Waals surface area contributed by atoms with Crippen LogP contribution in [0.5, 0.6) is 0 Å². The van der Waals surface area contributed by atoms with Crippen LogP contribution in [-0.4, -0.2) is 15.9 Å². The Kier molecular flexibility index (Phi) is 5.81. The number of amides is 1. The maximum Gasteiger partial charge on any atom is 0.275 e. The van der Waals surface area contributed by atoms with E-state index in [4.69, 9.17) is 0 Å². The number of para-hydroxylation sites is 1. The molecule has 5 heteroatoms. The van der Waals surface area contributed by atoms with E-state index in [9.17, 15) is 4.79 Å². The summed E-state index contributed by atoms with van der Waals surface area (Å²) in [5.74, 6) is 0.384. The van der Waals surface area contributed by atoms with Crippen LogP contribution < -0.4 is 10.6 Å². The monoisotopic (exact) mass is 360 g/mol. The second-order valence-electron chi connectivity index (χ2n) is 6.55. The highest BCUT2D eigenvalue weighted by Gasteiger charge is 2.12. The number of rotatable bonds is 6. The second kappa shape index (κ2) is 8.45. The molecule has 0 atom stereocenters. The first-order chi connectivity index (χ1) is 13.1. The van der Waals surface area contributed by atoms with Crippen molar-refractivity contribution in [2.45, 2.75) is 33.7 Å². The van der Waals surface area contributed by atoms with E-state index in [2.05, 4.69) is 52.6 Å². The molecule has 27 heavy (non-hydrogen) atoms. The Morgan fingerprint density at radius 2 is 1.85 bits per heavy atom. The van der Waals surface area contributed by atoms with Gasteiger partial charge in [-0.1, -0.05) is 55.0 Å². The predicted molar refractivity (Wildman–Crippen MR) is 109 cm³/mol. The predicted octanol–water partition coefficient (Wildman–Crippen LogP) is 4.52. The summed E-state index contributed by atoms with van der Waals surface area (Å²) in [6.07, 6.45) is 3.94. The van der Waals surface area contributed by atoms with Crippen LogP contribution in [0.25, 0.3) is 0 Å². The summed E-state index contributed by atoms with van der Waals surface area (Å²) in [5.41, 5.74) is 5.68. The van der Waals surface area contributed by atoms with E-state index in [1.807, 2.05) is 31.2 Å². The van der Waals surface area contributed by atoms with Gasteiger partial charge >= 0.3 is 0 Å². The molecule has 5 nitrogen and oxygen atoms in total. The smallest absolute Gasteiger partial charge is 0.275 e. The van der Waals surface area contributed by atoms with E-state index in [0.717, 1.165) is 23.2 Å². The normalized spacial score (nSPS) is 10.5. The highest BCUT2D eigenvalue weighted by atomic mass is 16.1. The summed E-state index contributed by atoms with van der Waals surface area (Å²) in [4.78, 5) is 21.1. The number of anilines is 2. The van der Waals surface area contributed by atoms with E-state index in [1.54, 1.807) is 6.20 Å². The molecule has 0 aliphatic rings. The molecule has 1 aromatic heterocycles. The average molecular weight is 360 g/mol. The van der Waals surface area contributed by atoms with Crippen molar-refractivity contribution in [3.8, 4) is 0 Å². The minimum atomic E-state index is -0.253. The van der Waals surface area contributed by atoms with E-state index in [1.165, 1.54) is 17.3 Å². The molecule has 1 heterocycles. The van der Waals surface area contributed by atoms with Crippen LogP contribution in [0.4, 0.5) is 11.5 Å². The molecule has 0 spiro atoms. The SMILES string of the molecule is CCc1cccc(C)c1NC(=O)c1cnc(NCc2cccc(C)c2)cn1. The van der Waals surface area contributed by atoms with Crippen LogP contribution in [0, 0.1) is 13.8 Å². The van der Waals surface area contributed by atoms with Crippen LogP contribution in [0.2, 0.25) is 0 Å². The Morgan fingerprint density at radius 1 is 1.04 bits per heavy atom. The Morgan fingerprint density at radius 3 is 2.56 bits per heavy atom. The second-order valence-corrected chi connectivity index (χ2v) is 6.55. The van der Waals surface area contributed by atoms with Gasteiger partial charge in [-0.3, -0.25) is 4.79 Å². The van der Waals surface area contributed by atoms with Gasteiger partial charge in [0.15, 0.2) is 0 Å². The van der Waals surface area contributed by atoms with Gasteiger partial charge in [0.25, 0.3) is 5.91 Å². The molecule has 3 aromatic rings. The molecule has 1 amide bonds. The molecule has 0 aliphatic heterocycles.